The van der Waals surface area contributed by atoms with Crippen LogP contribution in [0.25, 0.3) is 11.4 Å². The van der Waals surface area contributed by atoms with Crippen molar-refractivity contribution in [2.24, 2.45) is 0 Å². The van der Waals surface area contributed by atoms with E-state index in [0.29, 0.717) is 12.4 Å². The van der Waals surface area contributed by atoms with Gasteiger partial charge in [-0.3, -0.25) is 0 Å². The molecule has 0 aliphatic carbocycles. The van der Waals surface area contributed by atoms with E-state index < -0.39 is 8.07 Å². The molecule has 1 aromatic heterocycles. The van der Waals surface area contributed by atoms with Gasteiger partial charge in [0.2, 0.25) is 0 Å². The van der Waals surface area contributed by atoms with Gasteiger partial charge in [-0.05, 0) is 49.9 Å². The fraction of sp³-hybridized carbons (Fsp3) is 0.643. The molecule has 0 N–H and O–H groups in total. The van der Waals surface area contributed by atoms with Gasteiger partial charge in [-0.15, -0.1) is 0 Å². The van der Waals surface area contributed by atoms with E-state index in [4.69, 9.17) is 14.2 Å². The summed E-state index contributed by atoms with van der Waals surface area (Å²) in [5.74, 6) is 2.31. The Bertz CT molecular complexity index is 766. The first kappa shape index (κ1) is 28.3. The number of unbranched alkanes of at least 4 members (excludes halogenated alkanes) is 5. The molecule has 0 aliphatic rings. The minimum absolute atomic E-state index is 0.700. The summed E-state index contributed by atoms with van der Waals surface area (Å²) in [7, 11) is -0.909. The van der Waals surface area contributed by atoms with Crippen molar-refractivity contribution in [3.8, 4) is 22.9 Å². The van der Waals surface area contributed by atoms with Crippen molar-refractivity contribution in [2.75, 3.05) is 26.4 Å². The predicted molar refractivity (Wildman–Crippen MR) is 145 cm³/mol. The van der Waals surface area contributed by atoms with E-state index >= 15 is 0 Å². The minimum atomic E-state index is -0.909. The molecule has 5 nitrogen and oxygen atoms in total. The fourth-order valence-electron chi connectivity index (χ4n) is 3.51. The molecule has 2 rings (SSSR count). The molecule has 6 heteroatoms. The molecule has 1 heterocycles. The lowest BCUT2D eigenvalue weighted by Gasteiger charge is -2.19. The van der Waals surface area contributed by atoms with Gasteiger partial charge in [0.05, 0.1) is 25.6 Å². The van der Waals surface area contributed by atoms with Crippen LogP contribution in [-0.2, 0) is 4.74 Å². The van der Waals surface area contributed by atoms with Crippen LogP contribution in [-0.4, -0.2) is 44.5 Å². The summed E-state index contributed by atoms with van der Waals surface area (Å²) in [5, 5.41) is 0. The first-order chi connectivity index (χ1) is 16.5. The Morgan fingerprint density at radius 2 is 1.26 bits per heavy atom. The molecule has 0 radical (unpaired) electrons. The molecule has 1 aromatic carbocycles. The summed E-state index contributed by atoms with van der Waals surface area (Å²) in [4.78, 5) is 8.95. The molecule has 0 saturated heterocycles. The van der Waals surface area contributed by atoms with Crippen molar-refractivity contribution in [2.45, 2.75) is 90.4 Å². The number of aromatic nitrogens is 2. The van der Waals surface area contributed by atoms with Crippen LogP contribution in [0.4, 0.5) is 0 Å². The van der Waals surface area contributed by atoms with Crippen LogP contribution < -0.4 is 9.47 Å². The Kier molecular flexibility index (Phi) is 13.9. The van der Waals surface area contributed by atoms with Crippen LogP contribution in [0.1, 0.15) is 65.2 Å². The van der Waals surface area contributed by atoms with Gasteiger partial charge in [0, 0.05) is 26.9 Å². The van der Waals surface area contributed by atoms with Gasteiger partial charge in [0.15, 0.2) is 11.6 Å². The Hall–Kier alpha value is -1.92. The smallest absolute Gasteiger partial charge is 0.159 e. The van der Waals surface area contributed by atoms with Gasteiger partial charge < -0.3 is 14.2 Å². The molecule has 34 heavy (non-hydrogen) atoms. The lowest BCUT2D eigenvalue weighted by Crippen LogP contribution is -2.22. The zero-order chi connectivity index (χ0) is 24.5. The molecule has 0 fully saturated rings. The molecule has 0 amide bonds. The Morgan fingerprint density at radius 3 is 1.94 bits per heavy atom. The highest BCUT2D eigenvalue weighted by atomic mass is 28.3. The topological polar surface area (TPSA) is 53.5 Å². The lowest BCUT2D eigenvalue weighted by molar-refractivity contribution is 0.123. The highest BCUT2D eigenvalue weighted by molar-refractivity contribution is 6.77. The number of nitrogens with zero attached hydrogens (tertiary/aromatic N) is 2. The number of ether oxygens (including phenoxy) is 3. The van der Waals surface area contributed by atoms with E-state index in [9.17, 15) is 0 Å². The van der Waals surface area contributed by atoms with Crippen molar-refractivity contribution in [3.63, 3.8) is 0 Å². The monoisotopic (exact) mass is 486 g/mol. The van der Waals surface area contributed by atoms with E-state index in [1.54, 1.807) is 12.4 Å². The second-order valence-corrected chi connectivity index (χ2v) is 15.4. The van der Waals surface area contributed by atoms with Crippen molar-refractivity contribution in [1.82, 2.24) is 9.97 Å². The quantitative estimate of drug-likeness (QED) is 0.150. The van der Waals surface area contributed by atoms with E-state index in [2.05, 4.69) is 36.9 Å². The van der Waals surface area contributed by atoms with Gasteiger partial charge >= 0.3 is 0 Å². The Labute approximate surface area is 208 Å². The summed E-state index contributed by atoms with van der Waals surface area (Å²) >= 11 is 0. The highest BCUT2D eigenvalue weighted by Crippen LogP contribution is 2.21. The maximum absolute atomic E-state index is 5.83. The van der Waals surface area contributed by atoms with Crippen molar-refractivity contribution < 1.29 is 14.2 Å². The second-order valence-electron chi connectivity index (χ2n) is 9.82. The van der Waals surface area contributed by atoms with Crippen LogP contribution in [0, 0.1) is 0 Å². The summed E-state index contributed by atoms with van der Waals surface area (Å²) in [6, 6.07) is 10.8. The third-order valence-corrected chi connectivity index (χ3v) is 9.93. The van der Waals surface area contributed by atoms with Crippen LogP contribution in [0.15, 0.2) is 36.7 Å². The largest absolute Gasteiger partial charge is 0.494 e. The van der Waals surface area contributed by atoms with Gasteiger partial charge in [0.25, 0.3) is 0 Å². The number of hydrogen-bond acceptors (Lipinski definition) is 5. The van der Waals surface area contributed by atoms with Crippen molar-refractivity contribution in [3.05, 3.63) is 36.7 Å². The van der Waals surface area contributed by atoms with Gasteiger partial charge in [-0.1, -0.05) is 64.7 Å². The average Bonchev–Trinajstić information content (AvgIpc) is 2.86. The Balaban J connectivity index is 1.61. The third-order valence-electron chi connectivity index (χ3n) is 6.31. The van der Waals surface area contributed by atoms with E-state index in [0.717, 1.165) is 62.6 Å². The zero-order valence-electron chi connectivity index (χ0n) is 22.0. The SMILES string of the molecule is CCCCOCCCCOc1ccc(-c2ncc(OCCCCCC[Si](C)(C)CC)cn2)cc1. The molecular formula is C28H46N2O3Si. The Morgan fingerprint density at radius 1 is 0.676 bits per heavy atom. The fourth-order valence-corrected chi connectivity index (χ4v) is 5.07. The van der Waals surface area contributed by atoms with E-state index in [-0.39, 0.29) is 0 Å². The van der Waals surface area contributed by atoms with Gasteiger partial charge in [-0.2, -0.15) is 0 Å². The zero-order valence-corrected chi connectivity index (χ0v) is 23.0. The summed E-state index contributed by atoms with van der Waals surface area (Å²) in [6.07, 6.45) is 12.9. The molecule has 0 atom stereocenters. The number of hydrogen-bond donors (Lipinski definition) is 0. The van der Waals surface area contributed by atoms with Crippen LogP contribution in [0.3, 0.4) is 0 Å². The lowest BCUT2D eigenvalue weighted by atomic mass is 10.2. The van der Waals surface area contributed by atoms with Crippen LogP contribution in [0.5, 0.6) is 11.5 Å². The molecule has 0 saturated carbocycles. The summed E-state index contributed by atoms with van der Waals surface area (Å²) in [5.41, 5.74) is 0.974. The van der Waals surface area contributed by atoms with Crippen molar-refractivity contribution in [1.29, 1.82) is 0 Å². The average molecular weight is 487 g/mol. The molecule has 190 valence electrons. The molecule has 0 spiro atoms. The standard InChI is InChI=1S/C28H46N2O3Si/c1-5-7-18-31-19-11-12-21-32-26-16-14-25(15-17-26)28-29-23-27(24-30-28)33-20-10-8-9-13-22-34(3,4)6-2/h14-17,23-24H,5-13,18-22H2,1-4H3. The maximum Gasteiger partial charge on any atom is 0.159 e. The highest BCUT2D eigenvalue weighted by Gasteiger charge is 2.16. The van der Waals surface area contributed by atoms with Crippen molar-refractivity contribution >= 4 is 8.07 Å². The van der Waals surface area contributed by atoms with Gasteiger partial charge in [0.1, 0.15) is 5.75 Å². The first-order valence-corrected chi connectivity index (χ1v) is 16.7. The van der Waals surface area contributed by atoms with E-state index in [1.807, 2.05) is 24.3 Å². The molecule has 0 aliphatic heterocycles. The predicted octanol–water partition coefficient (Wildman–Crippen LogP) is 7.79. The summed E-state index contributed by atoms with van der Waals surface area (Å²) in [6.45, 7) is 12.6. The summed E-state index contributed by atoms with van der Waals surface area (Å²) < 4.78 is 17.2. The maximum atomic E-state index is 5.83. The third kappa shape index (κ3) is 12.0. The number of rotatable bonds is 19. The molecular weight excluding hydrogens is 440 g/mol. The van der Waals surface area contributed by atoms with Crippen LogP contribution >= 0.6 is 0 Å². The van der Waals surface area contributed by atoms with Gasteiger partial charge in [-0.25, -0.2) is 9.97 Å². The number of benzene rings is 1. The normalized spacial score (nSPS) is 11.5. The molecule has 0 unspecified atom stereocenters. The van der Waals surface area contributed by atoms with E-state index in [1.165, 1.54) is 37.8 Å². The molecule has 2 aromatic rings. The second kappa shape index (κ2) is 16.7. The molecule has 0 bridgehead atoms. The van der Waals surface area contributed by atoms with Crippen LogP contribution in [0.2, 0.25) is 25.2 Å². The minimum Gasteiger partial charge on any atom is -0.494 e. The first-order valence-electron chi connectivity index (χ1n) is 13.3.